The molecule has 2 aromatic heterocycles. The van der Waals surface area contributed by atoms with E-state index >= 15 is 0 Å². The zero-order chi connectivity index (χ0) is 22.0. The van der Waals surface area contributed by atoms with Crippen LogP contribution in [0.4, 0.5) is 17.3 Å². The van der Waals surface area contributed by atoms with Gasteiger partial charge in [0, 0.05) is 28.8 Å². The van der Waals surface area contributed by atoms with Crippen molar-refractivity contribution in [3.05, 3.63) is 58.8 Å². The van der Waals surface area contributed by atoms with E-state index in [4.69, 9.17) is 9.47 Å². The maximum atomic E-state index is 13.0. The highest BCUT2D eigenvalue weighted by Crippen LogP contribution is 2.32. The molecule has 0 unspecified atom stereocenters. The number of nitrogens with one attached hydrogen (secondary N) is 2. The highest BCUT2D eigenvalue weighted by atomic mass is 32.2. The van der Waals surface area contributed by atoms with Crippen LogP contribution in [0.5, 0.6) is 11.5 Å². The highest BCUT2D eigenvalue weighted by Gasteiger charge is 2.21. The third-order valence-electron chi connectivity index (χ3n) is 4.52. The van der Waals surface area contributed by atoms with Gasteiger partial charge in [0.25, 0.3) is 10.0 Å². The summed E-state index contributed by atoms with van der Waals surface area (Å²) in [5.74, 6) is 1.50. The van der Waals surface area contributed by atoms with Gasteiger partial charge in [-0.1, -0.05) is 12.1 Å². The maximum absolute atomic E-state index is 13.0. The fraction of sp³-hybridized carbons (Fsp3) is 0.143. The van der Waals surface area contributed by atoms with Crippen LogP contribution in [0.15, 0.2) is 58.8 Å². The van der Waals surface area contributed by atoms with Crippen LogP contribution >= 0.6 is 11.3 Å². The van der Waals surface area contributed by atoms with Gasteiger partial charge in [0.2, 0.25) is 0 Å². The standard InChI is InChI=1S/C21H20N4O4S2/c1-13-19(8-9-30-13)31(26,27)25-21-20(23-17-6-4-5-7-18(17)24-21)22-14-10-15(28-2)12-16(11-14)29-3/h4-12H,1-3H3,(H,22,23)(H,24,25). The van der Waals surface area contributed by atoms with Crippen molar-refractivity contribution in [2.24, 2.45) is 0 Å². The first-order valence-electron chi connectivity index (χ1n) is 9.23. The van der Waals surface area contributed by atoms with E-state index in [-0.39, 0.29) is 16.5 Å². The Kier molecular flexibility index (Phi) is 5.66. The Morgan fingerprint density at radius 2 is 1.52 bits per heavy atom. The summed E-state index contributed by atoms with van der Waals surface area (Å²) in [6.07, 6.45) is 0. The molecule has 2 heterocycles. The summed E-state index contributed by atoms with van der Waals surface area (Å²) in [7, 11) is -0.736. The van der Waals surface area contributed by atoms with Gasteiger partial charge in [-0.25, -0.2) is 18.4 Å². The van der Waals surface area contributed by atoms with Crippen molar-refractivity contribution < 1.29 is 17.9 Å². The number of hydrogen-bond donors (Lipinski definition) is 2. The van der Waals surface area contributed by atoms with Crippen LogP contribution in [0.2, 0.25) is 0 Å². The Bertz CT molecular complexity index is 1330. The van der Waals surface area contributed by atoms with Gasteiger partial charge < -0.3 is 14.8 Å². The predicted octanol–water partition coefficient (Wildman–Crippen LogP) is 4.56. The van der Waals surface area contributed by atoms with Gasteiger partial charge in [-0.15, -0.1) is 11.3 Å². The first-order valence-corrected chi connectivity index (χ1v) is 11.6. The Morgan fingerprint density at radius 3 is 2.06 bits per heavy atom. The van der Waals surface area contributed by atoms with Crippen molar-refractivity contribution in [2.45, 2.75) is 11.8 Å². The topological polar surface area (TPSA) is 102 Å². The monoisotopic (exact) mass is 456 g/mol. The zero-order valence-electron chi connectivity index (χ0n) is 17.0. The van der Waals surface area contributed by atoms with E-state index in [1.165, 1.54) is 11.3 Å². The van der Waals surface area contributed by atoms with Crippen molar-refractivity contribution in [1.82, 2.24) is 9.97 Å². The number of para-hydroxylation sites is 2. The molecule has 0 aliphatic rings. The fourth-order valence-corrected chi connectivity index (χ4v) is 5.29. The van der Waals surface area contributed by atoms with Crippen molar-refractivity contribution in [1.29, 1.82) is 0 Å². The second-order valence-corrected chi connectivity index (χ2v) is 9.35. The van der Waals surface area contributed by atoms with E-state index in [9.17, 15) is 8.42 Å². The number of thiophene rings is 1. The summed E-state index contributed by atoms with van der Waals surface area (Å²) >= 11 is 1.36. The van der Waals surface area contributed by atoms with Crippen molar-refractivity contribution in [3.8, 4) is 11.5 Å². The average Bonchev–Trinajstić information content (AvgIpc) is 3.20. The minimum Gasteiger partial charge on any atom is -0.497 e. The van der Waals surface area contributed by atoms with Crippen molar-refractivity contribution >= 4 is 49.7 Å². The summed E-state index contributed by atoms with van der Waals surface area (Å²) in [5, 5.41) is 4.87. The molecule has 0 saturated heterocycles. The summed E-state index contributed by atoms with van der Waals surface area (Å²) in [6, 6.07) is 14.0. The summed E-state index contributed by atoms with van der Waals surface area (Å²) in [6.45, 7) is 1.76. The molecule has 0 radical (unpaired) electrons. The molecule has 0 spiro atoms. The number of anilines is 3. The molecule has 160 valence electrons. The van der Waals surface area contributed by atoms with Crippen molar-refractivity contribution in [3.63, 3.8) is 0 Å². The van der Waals surface area contributed by atoms with Gasteiger partial charge in [-0.3, -0.25) is 4.72 Å². The average molecular weight is 457 g/mol. The van der Waals surface area contributed by atoms with E-state index in [1.807, 2.05) is 12.1 Å². The molecular weight excluding hydrogens is 436 g/mol. The summed E-state index contributed by atoms with van der Waals surface area (Å²) < 4.78 is 39.2. The van der Waals surface area contributed by atoms with Crippen molar-refractivity contribution in [2.75, 3.05) is 24.3 Å². The van der Waals surface area contributed by atoms with Gasteiger partial charge in [-0.2, -0.15) is 0 Å². The van der Waals surface area contributed by atoms with Gasteiger partial charge in [0.15, 0.2) is 11.6 Å². The lowest BCUT2D eigenvalue weighted by molar-refractivity contribution is 0.395. The van der Waals surface area contributed by atoms with Gasteiger partial charge >= 0.3 is 0 Å². The molecule has 31 heavy (non-hydrogen) atoms. The van der Waals surface area contributed by atoms with Gasteiger partial charge in [-0.05, 0) is 30.5 Å². The first kappa shape index (κ1) is 20.9. The van der Waals surface area contributed by atoms with E-state index in [1.54, 1.807) is 62.9 Å². The molecule has 4 rings (SSSR count). The van der Waals surface area contributed by atoms with E-state index in [0.29, 0.717) is 33.1 Å². The number of hydrogen-bond acceptors (Lipinski definition) is 8. The third-order valence-corrected chi connectivity index (χ3v) is 6.97. The van der Waals surface area contributed by atoms with Crippen LogP contribution in [0.3, 0.4) is 0 Å². The number of methoxy groups -OCH3 is 2. The quantitative estimate of drug-likeness (QED) is 0.420. The van der Waals surface area contributed by atoms with E-state index in [0.717, 1.165) is 0 Å². The molecule has 10 heteroatoms. The lowest BCUT2D eigenvalue weighted by Crippen LogP contribution is -2.16. The Labute approximate surface area is 183 Å². The molecule has 0 fully saturated rings. The smallest absolute Gasteiger partial charge is 0.264 e. The van der Waals surface area contributed by atoms with E-state index < -0.39 is 10.0 Å². The second kappa shape index (κ2) is 8.40. The normalized spacial score (nSPS) is 11.3. The lowest BCUT2D eigenvalue weighted by atomic mass is 10.2. The number of aromatic nitrogens is 2. The van der Waals surface area contributed by atoms with Gasteiger partial charge in [0.05, 0.1) is 25.3 Å². The number of sulfonamides is 1. The number of rotatable bonds is 7. The third kappa shape index (κ3) is 4.39. The molecular formula is C21H20N4O4S2. The summed E-state index contributed by atoms with van der Waals surface area (Å²) in [4.78, 5) is 9.99. The van der Waals surface area contributed by atoms with Crippen LogP contribution in [0, 0.1) is 6.92 Å². The van der Waals surface area contributed by atoms with E-state index in [2.05, 4.69) is 20.0 Å². The van der Waals surface area contributed by atoms with Crippen LogP contribution in [-0.2, 0) is 10.0 Å². The molecule has 2 aromatic carbocycles. The first-order chi connectivity index (χ1) is 14.9. The molecule has 0 aliphatic carbocycles. The van der Waals surface area contributed by atoms with Crippen LogP contribution in [-0.4, -0.2) is 32.6 Å². The Hall–Kier alpha value is -3.37. The fourth-order valence-electron chi connectivity index (χ4n) is 3.01. The number of aryl methyl sites for hydroxylation is 1. The van der Waals surface area contributed by atoms with Crippen LogP contribution < -0.4 is 19.5 Å². The molecule has 0 bridgehead atoms. The van der Waals surface area contributed by atoms with Gasteiger partial charge in [0.1, 0.15) is 16.4 Å². The number of benzene rings is 2. The molecule has 8 nitrogen and oxygen atoms in total. The molecule has 0 saturated carbocycles. The van der Waals surface area contributed by atoms with Crippen LogP contribution in [0.25, 0.3) is 11.0 Å². The lowest BCUT2D eigenvalue weighted by Gasteiger charge is -2.15. The summed E-state index contributed by atoms with van der Waals surface area (Å²) in [5.41, 5.74) is 1.79. The minimum absolute atomic E-state index is 0.0890. The highest BCUT2D eigenvalue weighted by molar-refractivity contribution is 7.93. The SMILES string of the molecule is COc1cc(Nc2nc3ccccc3nc2NS(=O)(=O)c2ccsc2C)cc(OC)c1. The number of ether oxygens (including phenoxy) is 2. The molecule has 0 atom stereocenters. The van der Waals surface area contributed by atoms with Crippen LogP contribution in [0.1, 0.15) is 4.88 Å². The maximum Gasteiger partial charge on any atom is 0.264 e. The minimum atomic E-state index is -3.84. The molecule has 0 aliphatic heterocycles. The molecule has 2 N–H and O–H groups in total. The predicted molar refractivity (Wildman–Crippen MR) is 122 cm³/mol. The largest absolute Gasteiger partial charge is 0.497 e. The Morgan fingerprint density at radius 1 is 0.903 bits per heavy atom. The molecule has 0 amide bonds. The number of fused-ring (bicyclic) bond motifs is 1. The zero-order valence-corrected chi connectivity index (χ0v) is 18.7. The second-order valence-electron chi connectivity index (χ2n) is 6.58. The molecule has 4 aromatic rings. The Balaban J connectivity index is 1.80. The number of nitrogens with zero attached hydrogens (tertiary/aromatic N) is 2.